The van der Waals surface area contributed by atoms with Crippen molar-refractivity contribution in [2.45, 2.75) is 0 Å². The van der Waals surface area contributed by atoms with E-state index in [4.69, 9.17) is 16.3 Å². The zero-order chi connectivity index (χ0) is 19.2. The van der Waals surface area contributed by atoms with Gasteiger partial charge in [-0.1, -0.05) is 17.7 Å². The highest BCUT2D eigenvalue weighted by molar-refractivity contribution is 6.31. The monoisotopic (exact) mass is 377 g/mol. The molecule has 6 heteroatoms. The third-order valence-corrected chi connectivity index (χ3v) is 4.08. The Morgan fingerprint density at radius 1 is 1.22 bits per heavy atom. The minimum atomic E-state index is -0.489. The van der Waals surface area contributed by atoms with Gasteiger partial charge in [-0.2, -0.15) is 5.26 Å². The van der Waals surface area contributed by atoms with E-state index in [1.54, 1.807) is 37.5 Å². The Hall–Kier alpha value is -3.49. The molecule has 1 heterocycles. The molecule has 1 amide bonds. The summed E-state index contributed by atoms with van der Waals surface area (Å²) < 4.78 is 7.05. The van der Waals surface area contributed by atoms with E-state index >= 15 is 0 Å². The quantitative estimate of drug-likeness (QED) is 0.518. The van der Waals surface area contributed by atoms with Crippen molar-refractivity contribution in [3.8, 4) is 17.5 Å². The van der Waals surface area contributed by atoms with Gasteiger partial charge in [0.25, 0.3) is 5.91 Å². The van der Waals surface area contributed by atoms with Crippen molar-refractivity contribution >= 4 is 29.3 Å². The van der Waals surface area contributed by atoms with Crippen LogP contribution in [0.1, 0.15) is 5.56 Å². The summed E-state index contributed by atoms with van der Waals surface area (Å²) in [4.78, 5) is 12.3. The number of aromatic nitrogens is 1. The largest absolute Gasteiger partial charge is 0.497 e. The van der Waals surface area contributed by atoms with Gasteiger partial charge >= 0.3 is 0 Å². The molecule has 0 fully saturated rings. The normalized spacial score (nSPS) is 10.9. The van der Waals surface area contributed by atoms with E-state index in [2.05, 4.69) is 5.32 Å². The maximum absolute atomic E-state index is 12.3. The van der Waals surface area contributed by atoms with Gasteiger partial charge in [-0.15, -0.1) is 0 Å². The van der Waals surface area contributed by atoms with Gasteiger partial charge in [-0.25, -0.2) is 0 Å². The van der Waals surface area contributed by atoms with Crippen LogP contribution >= 0.6 is 11.6 Å². The Morgan fingerprint density at radius 3 is 2.67 bits per heavy atom. The number of rotatable bonds is 5. The van der Waals surface area contributed by atoms with Gasteiger partial charge < -0.3 is 14.6 Å². The Morgan fingerprint density at radius 2 is 2.00 bits per heavy atom. The summed E-state index contributed by atoms with van der Waals surface area (Å²) in [6.07, 6.45) is 5.24. The zero-order valence-corrected chi connectivity index (χ0v) is 15.3. The number of methoxy groups -OCH3 is 1. The Labute approximate surface area is 162 Å². The molecule has 0 atom stereocenters. The molecule has 1 aromatic heterocycles. The number of anilines is 1. The number of hydrogen-bond acceptors (Lipinski definition) is 3. The van der Waals surface area contributed by atoms with Crippen LogP contribution in [0.5, 0.6) is 5.75 Å². The van der Waals surface area contributed by atoms with E-state index in [0.717, 1.165) is 17.0 Å². The van der Waals surface area contributed by atoms with E-state index in [9.17, 15) is 10.1 Å². The molecule has 0 unspecified atom stereocenters. The first-order valence-corrected chi connectivity index (χ1v) is 8.48. The first-order chi connectivity index (χ1) is 13.1. The number of amides is 1. The number of nitrogens with zero attached hydrogens (tertiary/aromatic N) is 2. The third kappa shape index (κ3) is 4.57. The van der Waals surface area contributed by atoms with Crippen LogP contribution in [0.15, 0.2) is 72.6 Å². The third-order valence-electron chi connectivity index (χ3n) is 3.84. The van der Waals surface area contributed by atoms with Gasteiger partial charge in [0.1, 0.15) is 17.4 Å². The molecule has 0 spiro atoms. The molecule has 5 nitrogen and oxygen atoms in total. The number of halogens is 1. The second kappa shape index (κ2) is 8.26. The second-order valence-corrected chi connectivity index (χ2v) is 6.12. The van der Waals surface area contributed by atoms with Crippen molar-refractivity contribution in [3.63, 3.8) is 0 Å². The number of benzene rings is 2. The fourth-order valence-electron chi connectivity index (χ4n) is 2.49. The van der Waals surface area contributed by atoms with Crippen molar-refractivity contribution in [2.75, 3.05) is 12.4 Å². The molecule has 0 aliphatic heterocycles. The SMILES string of the molecule is COc1ccc(-n2ccc(/C=C(\C#N)C(=O)Nc3cccc(Cl)c3)c2)cc1. The van der Waals surface area contributed by atoms with E-state index in [0.29, 0.717) is 10.7 Å². The molecule has 134 valence electrons. The lowest BCUT2D eigenvalue weighted by Crippen LogP contribution is -2.13. The summed E-state index contributed by atoms with van der Waals surface area (Å²) >= 11 is 5.91. The van der Waals surface area contributed by atoms with E-state index in [-0.39, 0.29) is 5.57 Å². The highest BCUT2D eigenvalue weighted by Crippen LogP contribution is 2.19. The van der Waals surface area contributed by atoms with Crippen LogP contribution in [0.4, 0.5) is 5.69 Å². The summed E-state index contributed by atoms with van der Waals surface area (Å²) in [5.74, 6) is 0.285. The number of hydrogen-bond donors (Lipinski definition) is 1. The molecule has 3 aromatic rings. The molecule has 0 saturated carbocycles. The van der Waals surface area contributed by atoms with Crippen molar-refractivity contribution in [1.82, 2.24) is 4.57 Å². The van der Waals surface area contributed by atoms with Gasteiger partial charge in [-0.05, 0) is 60.2 Å². The average Bonchev–Trinajstić information content (AvgIpc) is 3.14. The van der Waals surface area contributed by atoms with E-state index in [1.165, 1.54) is 0 Å². The van der Waals surface area contributed by atoms with Crippen LogP contribution in [-0.4, -0.2) is 17.6 Å². The fraction of sp³-hybridized carbons (Fsp3) is 0.0476. The zero-order valence-electron chi connectivity index (χ0n) is 14.5. The highest BCUT2D eigenvalue weighted by atomic mass is 35.5. The topological polar surface area (TPSA) is 67.0 Å². The molecule has 1 N–H and O–H groups in total. The van der Waals surface area contributed by atoms with E-state index in [1.807, 2.05) is 53.4 Å². The van der Waals surface area contributed by atoms with Gasteiger partial charge in [0.05, 0.1) is 7.11 Å². The molecule has 0 radical (unpaired) electrons. The number of ether oxygens (including phenoxy) is 1. The lowest BCUT2D eigenvalue weighted by Gasteiger charge is -2.05. The second-order valence-electron chi connectivity index (χ2n) is 5.68. The molecular weight excluding hydrogens is 362 g/mol. The summed E-state index contributed by atoms with van der Waals surface area (Å²) in [5, 5.41) is 12.5. The molecule has 27 heavy (non-hydrogen) atoms. The number of carbonyl (C=O) groups is 1. The van der Waals surface area contributed by atoms with Gasteiger partial charge in [0, 0.05) is 28.8 Å². The number of carbonyl (C=O) groups excluding carboxylic acids is 1. The van der Waals surface area contributed by atoms with Gasteiger partial charge in [0.2, 0.25) is 0 Å². The molecule has 2 aromatic carbocycles. The standard InChI is InChI=1S/C21H16ClN3O2/c1-27-20-7-5-19(6-8-20)25-10-9-15(14-25)11-16(13-23)21(26)24-18-4-2-3-17(22)12-18/h2-12,14H,1H3,(H,24,26)/b16-11+. The molecule has 3 rings (SSSR count). The van der Waals surface area contributed by atoms with Gasteiger partial charge in [0.15, 0.2) is 0 Å². The van der Waals surface area contributed by atoms with Crippen LogP contribution in [0.2, 0.25) is 5.02 Å². The van der Waals surface area contributed by atoms with Crippen LogP contribution in [-0.2, 0) is 4.79 Å². The Kier molecular flexibility index (Phi) is 5.60. The van der Waals surface area contributed by atoms with Crippen molar-refractivity contribution < 1.29 is 9.53 Å². The first-order valence-electron chi connectivity index (χ1n) is 8.10. The minimum absolute atomic E-state index is 0.00227. The van der Waals surface area contributed by atoms with E-state index < -0.39 is 5.91 Å². The highest BCUT2D eigenvalue weighted by Gasteiger charge is 2.10. The van der Waals surface area contributed by atoms with Crippen molar-refractivity contribution in [1.29, 1.82) is 5.26 Å². The predicted octanol–water partition coefficient (Wildman–Crippen LogP) is 4.68. The number of nitriles is 1. The fourth-order valence-corrected chi connectivity index (χ4v) is 2.68. The molecule has 0 aliphatic carbocycles. The smallest absolute Gasteiger partial charge is 0.266 e. The molecular formula is C21H16ClN3O2. The van der Waals surface area contributed by atoms with Crippen LogP contribution in [0.25, 0.3) is 11.8 Å². The molecule has 0 saturated heterocycles. The first kappa shape index (κ1) is 18.3. The van der Waals surface area contributed by atoms with Crippen LogP contribution in [0.3, 0.4) is 0 Å². The summed E-state index contributed by atoms with van der Waals surface area (Å²) in [5.41, 5.74) is 2.22. The average molecular weight is 378 g/mol. The van der Waals surface area contributed by atoms with Crippen LogP contribution in [0, 0.1) is 11.3 Å². The van der Waals surface area contributed by atoms with Gasteiger partial charge in [-0.3, -0.25) is 4.79 Å². The summed E-state index contributed by atoms with van der Waals surface area (Å²) in [6.45, 7) is 0. The predicted molar refractivity (Wildman–Crippen MR) is 106 cm³/mol. The van der Waals surface area contributed by atoms with Crippen LogP contribution < -0.4 is 10.1 Å². The van der Waals surface area contributed by atoms with Crippen molar-refractivity contribution in [2.24, 2.45) is 0 Å². The lowest BCUT2D eigenvalue weighted by molar-refractivity contribution is -0.112. The molecule has 0 aliphatic rings. The lowest BCUT2D eigenvalue weighted by atomic mass is 10.2. The Balaban J connectivity index is 1.78. The maximum Gasteiger partial charge on any atom is 0.266 e. The number of nitrogens with one attached hydrogen (secondary N) is 1. The summed E-state index contributed by atoms with van der Waals surface area (Å²) in [7, 11) is 1.62. The minimum Gasteiger partial charge on any atom is -0.497 e. The maximum atomic E-state index is 12.3. The van der Waals surface area contributed by atoms with Crippen molar-refractivity contribution in [3.05, 3.63) is 83.2 Å². The Bertz CT molecular complexity index is 1030. The molecule has 0 bridgehead atoms. The summed E-state index contributed by atoms with van der Waals surface area (Å²) in [6, 6.07) is 18.1.